The zero-order valence-corrected chi connectivity index (χ0v) is 9.94. The Morgan fingerprint density at radius 1 is 1.62 bits per heavy atom. The van der Waals surface area contributed by atoms with Crippen molar-refractivity contribution in [2.75, 3.05) is 18.4 Å². The predicted molar refractivity (Wildman–Crippen MR) is 65.5 cm³/mol. The fraction of sp³-hybridized carbons (Fsp3) is 0.636. The summed E-state index contributed by atoms with van der Waals surface area (Å²) in [6.45, 7) is 6.07. The highest BCUT2D eigenvalue weighted by molar-refractivity contribution is 5.30. The molecule has 1 heterocycles. The van der Waals surface area contributed by atoms with Crippen LogP contribution in [-0.4, -0.2) is 22.6 Å². The van der Waals surface area contributed by atoms with E-state index in [1.165, 1.54) is 0 Å². The molecular formula is C11H20N4O. The molecule has 1 aromatic rings. The molecule has 90 valence electrons. The first-order chi connectivity index (χ1) is 7.69. The van der Waals surface area contributed by atoms with Crippen LogP contribution in [0.1, 0.15) is 20.3 Å². The molecule has 0 saturated heterocycles. The van der Waals surface area contributed by atoms with E-state index in [2.05, 4.69) is 10.3 Å². The van der Waals surface area contributed by atoms with Crippen LogP contribution in [0.2, 0.25) is 0 Å². The minimum atomic E-state index is -0.0615. The van der Waals surface area contributed by atoms with Gasteiger partial charge in [0.1, 0.15) is 0 Å². The molecule has 1 rings (SSSR count). The van der Waals surface area contributed by atoms with E-state index in [0.717, 1.165) is 13.0 Å². The van der Waals surface area contributed by atoms with Gasteiger partial charge in [-0.3, -0.25) is 4.79 Å². The van der Waals surface area contributed by atoms with Crippen LogP contribution < -0.4 is 16.6 Å². The Bertz CT molecular complexity index is 374. The molecule has 0 aliphatic rings. The maximum absolute atomic E-state index is 11.9. The average Bonchev–Trinajstić information content (AvgIpc) is 2.30. The van der Waals surface area contributed by atoms with E-state index in [1.807, 2.05) is 13.8 Å². The number of nitrogens with one attached hydrogen (secondary N) is 1. The van der Waals surface area contributed by atoms with Crippen molar-refractivity contribution < 1.29 is 0 Å². The van der Waals surface area contributed by atoms with Gasteiger partial charge in [0.25, 0.3) is 5.56 Å². The second kappa shape index (κ2) is 6.27. The molecule has 5 nitrogen and oxygen atoms in total. The highest BCUT2D eigenvalue weighted by Gasteiger charge is 2.05. The number of rotatable bonds is 6. The molecule has 1 atom stereocenters. The van der Waals surface area contributed by atoms with E-state index in [0.29, 0.717) is 24.8 Å². The minimum Gasteiger partial charge on any atom is -0.365 e. The van der Waals surface area contributed by atoms with Crippen LogP contribution in [0.25, 0.3) is 0 Å². The summed E-state index contributed by atoms with van der Waals surface area (Å²) in [7, 11) is 0. The third kappa shape index (κ3) is 3.34. The Hall–Kier alpha value is -1.36. The van der Waals surface area contributed by atoms with Gasteiger partial charge in [-0.15, -0.1) is 0 Å². The number of aromatic nitrogens is 2. The molecule has 0 saturated carbocycles. The maximum Gasteiger partial charge on any atom is 0.293 e. The van der Waals surface area contributed by atoms with Crippen molar-refractivity contribution in [2.45, 2.75) is 26.8 Å². The van der Waals surface area contributed by atoms with Gasteiger partial charge < -0.3 is 15.6 Å². The summed E-state index contributed by atoms with van der Waals surface area (Å²) >= 11 is 0. The number of hydrogen-bond donors (Lipinski definition) is 2. The van der Waals surface area contributed by atoms with Crippen LogP contribution >= 0.6 is 0 Å². The van der Waals surface area contributed by atoms with Crippen molar-refractivity contribution in [2.24, 2.45) is 11.7 Å². The van der Waals surface area contributed by atoms with E-state index in [4.69, 9.17) is 5.73 Å². The summed E-state index contributed by atoms with van der Waals surface area (Å²) in [4.78, 5) is 15.9. The van der Waals surface area contributed by atoms with Gasteiger partial charge in [0.2, 0.25) is 0 Å². The van der Waals surface area contributed by atoms with Crippen LogP contribution in [0.3, 0.4) is 0 Å². The van der Waals surface area contributed by atoms with Gasteiger partial charge in [-0.1, -0.05) is 13.8 Å². The lowest BCUT2D eigenvalue weighted by Gasteiger charge is -2.11. The molecule has 0 bridgehead atoms. The Labute approximate surface area is 95.7 Å². The molecule has 0 spiro atoms. The summed E-state index contributed by atoms with van der Waals surface area (Å²) in [5.74, 6) is 0.747. The lowest BCUT2D eigenvalue weighted by atomic mass is 10.2. The van der Waals surface area contributed by atoms with Crippen molar-refractivity contribution >= 4 is 5.82 Å². The summed E-state index contributed by atoms with van der Waals surface area (Å²) in [5.41, 5.74) is 5.45. The third-order valence-corrected chi connectivity index (χ3v) is 2.40. The second-order valence-electron chi connectivity index (χ2n) is 4.00. The van der Waals surface area contributed by atoms with Gasteiger partial charge in [0.15, 0.2) is 5.82 Å². The van der Waals surface area contributed by atoms with Crippen LogP contribution in [0.4, 0.5) is 5.82 Å². The number of aryl methyl sites for hydroxylation is 1. The van der Waals surface area contributed by atoms with E-state index < -0.39 is 0 Å². The second-order valence-corrected chi connectivity index (χ2v) is 4.00. The monoisotopic (exact) mass is 224 g/mol. The van der Waals surface area contributed by atoms with E-state index in [-0.39, 0.29) is 5.56 Å². The number of nitrogens with zero attached hydrogens (tertiary/aromatic N) is 2. The highest BCUT2D eigenvalue weighted by Crippen LogP contribution is 1.97. The number of anilines is 1. The van der Waals surface area contributed by atoms with Crippen molar-refractivity contribution in [3.05, 3.63) is 22.7 Å². The van der Waals surface area contributed by atoms with E-state index in [1.54, 1.807) is 17.0 Å². The summed E-state index contributed by atoms with van der Waals surface area (Å²) in [6, 6.07) is 0. The zero-order valence-electron chi connectivity index (χ0n) is 9.94. The number of nitrogens with two attached hydrogens (primary N) is 1. The van der Waals surface area contributed by atoms with Crippen molar-refractivity contribution in [1.29, 1.82) is 0 Å². The third-order valence-electron chi connectivity index (χ3n) is 2.40. The van der Waals surface area contributed by atoms with E-state index >= 15 is 0 Å². The maximum atomic E-state index is 11.9. The zero-order chi connectivity index (χ0) is 12.0. The molecule has 0 radical (unpaired) electrons. The Balaban J connectivity index is 2.73. The topological polar surface area (TPSA) is 72.9 Å². The van der Waals surface area contributed by atoms with Gasteiger partial charge in [-0.05, 0) is 18.9 Å². The van der Waals surface area contributed by atoms with Crippen LogP contribution in [0.5, 0.6) is 0 Å². The molecule has 0 aliphatic carbocycles. The molecule has 1 unspecified atom stereocenters. The quantitative estimate of drug-likeness (QED) is 0.744. The summed E-state index contributed by atoms with van der Waals surface area (Å²) in [6.07, 6.45) is 4.29. The molecule has 0 aromatic carbocycles. The SMILES string of the molecule is CCCn1ccnc(NCC(C)CN)c1=O. The first-order valence-electron chi connectivity index (χ1n) is 5.68. The Morgan fingerprint density at radius 2 is 2.38 bits per heavy atom. The normalized spacial score (nSPS) is 12.4. The summed E-state index contributed by atoms with van der Waals surface area (Å²) in [5, 5.41) is 3.04. The van der Waals surface area contributed by atoms with E-state index in [9.17, 15) is 4.79 Å². The van der Waals surface area contributed by atoms with Crippen molar-refractivity contribution in [1.82, 2.24) is 9.55 Å². The highest BCUT2D eigenvalue weighted by atomic mass is 16.1. The summed E-state index contributed by atoms with van der Waals surface area (Å²) < 4.78 is 1.67. The van der Waals surface area contributed by atoms with Gasteiger partial charge in [-0.2, -0.15) is 0 Å². The Morgan fingerprint density at radius 3 is 3.00 bits per heavy atom. The molecule has 0 aliphatic heterocycles. The van der Waals surface area contributed by atoms with Gasteiger partial charge in [0.05, 0.1) is 0 Å². The predicted octanol–water partition coefficient (Wildman–Crippen LogP) is 0.660. The lowest BCUT2D eigenvalue weighted by Crippen LogP contribution is -2.27. The molecular weight excluding hydrogens is 204 g/mol. The first-order valence-corrected chi connectivity index (χ1v) is 5.68. The standard InChI is InChI=1S/C11H20N4O/c1-3-5-15-6-4-13-10(11(15)16)14-8-9(2)7-12/h4,6,9H,3,5,7-8,12H2,1-2H3,(H,13,14). The molecule has 3 N–H and O–H groups in total. The molecule has 0 fully saturated rings. The van der Waals surface area contributed by atoms with Gasteiger partial charge in [0, 0.05) is 25.5 Å². The van der Waals surface area contributed by atoms with Gasteiger partial charge in [-0.25, -0.2) is 4.98 Å². The largest absolute Gasteiger partial charge is 0.365 e. The minimum absolute atomic E-state index is 0.0615. The first kappa shape index (κ1) is 12.7. The molecule has 1 aromatic heterocycles. The molecule has 16 heavy (non-hydrogen) atoms. The fourth-order valence-corrected chi connectivity index (χ4v) is 1.34. The molecule has 5 heteroatoms. The fourth-order valence-electron chi connectivity index (χ4n) is 1.34. The van der Waals surface area contributed by atoms with Crippen molar-refractivity contribution in [3.63, 3.8) is 0 Å². The van der Waals surface area contributed by atoms with Crippen molar-refractivity contribution in [3.8, 4) is 0 Å². The molecule has 0 amide bonds. The lowest BCUT2D eigenvalue weighted by molar-refractivity contribution is 0.619. The number of hydrogen-bond acceptors (Lipinski definition) is 4. The Kier molecular flexibility index (Phi) is 4.98. The average molecular weight is 224 g/mol. The van der Waals surface area contributed by atoms with Gasteiger partial charge >= 0.3 is 0 Å². The van der Waals surface area contributed by atoms with Crippen LogP contribution in [0.15, 0.2) is 17.2 Å². The smallest absolute Gasteiger partial charge is 0.293 e. The van der Waals surface area contributed by atoms with Crippen LogP contribution in [0, 0.1) is 5.92 Å². The van der Waals surface area contributed by atoms with Crippen LogP contribution in [-0.2, 0) is 6.54 Å².